The van der Waals surface area contributed by atoms with Crippen molar-refractivity contribution in [2.24, 2.45) is 11.7 Å². The molecule has 0 aliphatic rings. The van der Waals surface area contributed by atoms with Crippen LogP contribution in [0.25, 0.3) is 0 Å². The Balaban J connectivity index is 2.76. The Bertz CT molecular complexity index is 486. The lowest BCUT2D eigenvalue weighted by molar-refractivity contribution is -0.119. The van der Waals surface area contributed by atoms with Crippen LogP contribution in [-0.2, 0) is 9.59 Å². The van der Waals surface area contributed by atoms with E-state index in [1.807, 2.05) is 19.9 Å². The molecule has 2 amide bonds. The Morgan fingerprint density at radius 2 is 2.00 bits per heavy atom. The average molecular weight is 277 g/mol. The van der Waals surface area contributed by atoms with E-state index in [1.165, 1.54) is 6.92 Å². The second kappa shape index (κ2) is 7.65. The van der Waals surface area contributed by atoms with Crippen molar-refractivity contribution in [2.75, 3.05) is 17.2 Å². The average Bonchev–Trinajstić information content (AvgIpc) is 2.38. The summed E-state index contributed by atoms with van der Waals surface area (Å²) in [5.74, 6) is -0.326. The van der Waals surface area contributed by atoms with Gasteiger partial charge in [-0.25, -0.2) is 0 Å². The van der Waals surface area contributed by atoms with E-state index < -0.39 is 0 Å². The summed E-state index contributed by atoms with van der Waals surface area (Å²) in [7, 11) is 0. The molecule has 20 heavy (non-hydrogen) atoms. The third-order valence-corrected chi connectivity index (χ3v) is 3.10. The molecule has 0 aromatic heterocycles. The maximum absolute atomic E-state index is 12.0. The van der Waals surface area contributed by atoms with Crippen LogP contribution in [0.1, 0.15) is 32.3 Å². The van der Waals surface area contributed by atoms with E-state index in [0.29, 0.717) is 6.54 Å². The largest absolute Gasteiger partial charge is 0.330 e. The summed E-state index contributed by atoms with van der Waals surface area (Å²) in [5.41, 5.74) is 7.98. The number of anilines is 2. The molecule has 1 rings (SSSR count). The molecule has 0 fully saturated rings. The topological polar surface area (TPSA) is 84.2 Å². The lowest BCUT2D eigenvalue weighted by Gasteiger charge is -2.15. The van der Waals surface area contributed by atoms with Gasteiger partial charge >= 0.3 is 0 Å². The predicted octanol–water partition coefficient (Wildman–Crippen LogP) is 2.27. The van der Waals surface area contributed by atoms with Gasteiger partial charge in [0.2, 0.25) is 11.8 Å². The molecule has 0 saturated heterocycles. The van der Waals surface area contributed by atoms with Gasteiger partial charge in [0.1, 0.15) is 0 Å². The standard InChI is InChI=1S/C15H23N3O2/c1-4-5-12(9-16)15(20)18-13-6-7-14(10(2)8-13)17-11(3)19/h6-8,12H,4-5,9,16H2,1-3H3,(H,17,19)(H,18,20). The Hall–Kier alpha value is -1.88. The number of nitrogens with one attached hydrogen (secondary N) is 2. The van der Waals surface area contributed by atoms with Crippen LogP contribution in [0.2, 0.25) is 0 Å². The van der Waals surface area contributed by atoms with Gasteiger partial charge in [-0.3, -0.25) is 9.59 Å². The number of benzene rings is 1. The SMILES string of the molecule is CCCC(CN)C(=O)Nc1ccc(NC(C)=O)c(C)c1. The minimum Gasteiger partial charge on any atom is -0.330 e. The van der Waals surface area contributed by atoms with Crippen LogP contribution in [0.5, 0.6) is 0 Å². The second-order valence-corrected chi connectivity index (χ2v) is 4.92. The van der Waals surface area contributed by atoms with Gasteiger partial charge in [-0.15, -0.1) is 0 Å². The van der Waals surface area contributed by atoms with Gasteiger partial charge in [0.05, 0.1) is 5.92 Å². The fourth-order valence-corrected chi connectivity index (χ4v) is 2.02. The highest BCUT2D eigenvalue weighted by Gasteiger charge is 2.16. The Kier molecular flexibility index (Phi) is 6.18. The fraction of sp³-hybridized carbons (Fsp3) is 0.467. The summed E-state index contributed by atoms with van der Waals surface area (Å²) in [6, 6.07) is 5.39. The summed E-state index contributed by atoms with van der Waals surface area (Å²) in [4.78, 5) is 23.1. The van der Waals surface area contributed by atoms with E-state index in [9.17, 15) is 9.59 Å². The van der Waals surface area contributed by atoms with Crippen LogP contribution in [0.3, 0.4) is 0 Å². The molecule has 110 valence electrons. The number of rotatable bonds is 6. The maximum Gasteiger partial charge on any atom is 0.228 e. The van der Waals surface area contributed by atoms with Crippen LogP contribution in [0, 0.1) is 12.8 Å². The number of nitrogens with two attached hydrogens (primary N) is 1. The smallest absolute Gasteiger partial charge is 0.228 e. The van der Waals surface area contributed by atoms with Crippen LogP contribution in [0.4, 0.5) is 11.4 Å². The van der Waals surface area contributed by atoms with E-state index in [-0.39, 0.29) is 17.7 Å². The molecule has 1 aromatic carbocycles. The molecule has 1 aromatic rings. The second-order valence-electron chi connectivity index (χ2n) is 4.92. The van der Waals surface area contributed by atoms with Crippen molar-refractivity contribution >= 4 is 23.2 Å². The van der Waals surface area contributed by atoms with Gasteiger partial charge in [0.15, 0.2) is 0 Å². The lowest BCUT2D eigenvalue weighted by atomic mass is 10.0. The van der Waals surface area contributed by atoms with Gasteiger partial charge in [0.25, 0.3) is 0 Å². The van der Waals surface area contributed by atoms with E-state index >= 15 is 0 Å². The quantitative estimate of drug-likeness (QED) is 0.745. The van der Waals surface area contributed by atoms with Crippen molar-refractivity contribution in [3.05, 3.63) is 23.8 Å². The molecule has 5 nitrogen and oxygen atoms in total. The molecule has 0 aliphatic heterocycles. The first-order valence-corrected chi connectivity index (χ1v) is 6.87. The van der Waals surface area contributed by atoms with Crippen LogP contribution in [0.15, 0.2) is 18.2 Å². The van der Waals surface area contributed by atoms with Gasteiger partial charge in [-0.05, 0) is 37.1 Å². The van der Waals surface area contributed by atoms with Crippen molar-refractivity contribution in [3.63, 3.8) is 0 Å². The van der Waals surface area contributed by atoms with Crippen molar-refractivity contribution in [3.8, 4) is 0 Å². The van der Waals surface area contributed by atoms with Gasteiger partial charge < -0.3 is 16.4 Å². The number of amides is 2. The van der Waals surface area contributed by atoms with Crippen molar-refractivity contribution in [2.45, 2.75) is 33.6 Å². The highest BCUT2D eigenvalue weighted by atomic mass is 16.2. The van der Waals surface area contributed by atoms with Crippen LogP contribution < -0.4 is 16.4 Å². The predicted molar refractivity (Wildman–Crippen MR) is 81.6 cm³/mol. The molecule has 1 atom stereocenters. The number of aryl methyl sites for hydroxylation is 1. The molecular weight excluding hydrogens is 254 g/mol. The fourth-order valence-electron chi connectivity index (χ4n) is 2.02. The molecule has 0 heterocycles. The molecule has 0 bridgehead atoms. The molecule has 0 spiro atoms. The molecule has 0 aliphatic carbocycles. The molecule has 1 unspecified atom stereocenters. The van der Waals surface area contributed by atoms with E-state index in [4.69, 9.17) is 5.73 Å². The zero-order valence-corrected chi connectivity index (χ0v) is 12.3. The summed E-state index contributed by atoms with van der Waals surface area (Å²) >= 11 is 0. The molecule has 5 heteroatoms. The normalized spacial score (nSPS) is 11.8. The molecular formula is C15H23N3O2. The zero-order chi connectivity index (χ0) is 15.1. The van der Waals surface area contributed by atoms with E-state index in [1.54, 1.807) is 12.1 Å². The Morgan fingerprint density at radius 3 is 2.50 bits per heavy atom. The lowest BCUT2D eigenvalue weighted by Crippen LogP contribution is -2.29. The maximum atomic E-state index is 12.0. The number of hydrogen-bond donors (Lipinski definition) is 3. The van der Waals surface area contributed by atoms with Crippen LogP contribution in [-0.4, -0.2) is 18.4 Å². The van der Waals surface area contributed by atoms with E-state index in [0.717, 1.165) is 29.8 Å². The third-order valence-electron chi connectivity index (χ3n) is 3.10. The van der Waals surface area contributed by atoms with Gasteiger partial charge in [-0.1, -0.05) is 13.3 Å². The Labute approximate surface area is 119 Å². The highest BCUT2D eigenvalue weighted by Crippen LogP contribution is 2.20. The first kappa shape index (κ1) is 16.2. The first-order chi connectivity index (χ1) is 9.47. The first-order valence-electron chi connectivity index (χ1n) is 6.87. The minimum atomic E-state index is -0.157. The van der Waals surface area contributed by atoms with E-state index in [2.05, 4.69) is 10.6 Å². The summed E-state index contributed by atoms with van der Waals surface area (Å²) < 4.78 is 0. The monoisotopic (exact) mass is 277 g/mol. The van der Waals surface area contributed by atoms with Crippen molar-refractivity contribution < 1.29 is 9.59 Å². The van der Waals surface area contributed by atoms with Gasteiger partial charge in [-0.2, -0.15) is 0 Å². The zero-order valence-electron chi connectivity index (χ0n) is 12.3. The summed E-state index contributed by atoms with van der Waals surface area (Å²) in [6.07, 6.45) is 1.71. The minimum absolute atomic E-state index is 0.0546. The number of carbonyl (C=O) groups excluding carboxylic acids is 2. The van der Waals surface area contributed by atoms with Gasteiger partial charge in [0, 0.05) is 24.8 Å². The molecule has 0 radical (unpaired) electrons. The van der Waals surface area contributed by atoms with Crippen LogP contribution >= 0.6 is 0 Å². The molecule has 0 saturated carbocycles. The third kappa shape index (κ3) is 4.66. The van der Waals surface area contributed by atoms with Crippen molar-refractivity contribution in [1.29, 1.82) is 0 Å². The molecule has 4 N–H and O–H groups in total. The number of hydrogen-bond acceptors (Lipinski definition) is 3. The Morgan fingerprint density at radius 1 is 1.30 bits per heavy atom. The summed E-state index contributed by atoms with van der Waals surface area (Å²) in [6.45, 7) is 5.73. The highest BCUT2D eigenvalue weighted by molar-refractivity contribution is 5.94. The number of carbonyl (C=O) groups is 2. The summed E-state index contributed by atoms with van der Waals surface area (Å²) in [5, 5.41) is 5.60. The van der Waals surface area contributed by atoms with Crippen molar-refractivity contribution in [1.82, 2.24) is 0 Å².